The summed E-state index contributed by atoms with van der Waals surface area (Å²) in [7, 11) is 0. The Kier molecular flexibility index (Phi) is 6.79. The molecule has 0 saturated carbocycles. The Hall–Kier alpha value is -3.55. The molecule has 8 heteroatoms. The van der Waals surface area contributed by atoms with Crippen LogP contribution >= 0.6 is 0 Å². The number of hydrogen-bond acceptors (Lipinski definition) is 6. The molecule has 3 rings (SSSR count). The lowest BCUT2D eigenvalue weighted by atomic mass is 10.1. The van der Waals surface area contributed by atoms with Crippen LogP contribution in [-0.2, 0) is 4.74 Å². The number of ether oxygens (including phenoxy) is 1. The fourth-order valence-electron chi connectivity index (χ4n) is 3.66. The second-order valence-corrected chi connectivity index (χ2v) is 7.43. The number of aryl methyl sites for hydroxylation is 2. The van der Waals surface area contributed by atoms with Gasteiger partial charge in [-0.15, -0.1) is 0 Å². The summed E-state index contributed by atoms with van der Waals surface area (Å²) in [5.74, 6) is -0.709. The zero-order valence-electron chi connectivity index (χ0n) is 18.0. The van der Waals surface area contributed by atoms with Gasteiger partial charge >= 0.3 is 5.97 Å². The van der Waals surface area contributed by atoms with E-state index < -0.39 is 5.97 Å². The van der Waals surface area contributed by atoms with Crippen LogP contribution in [0.1, 0.15) is 49.6 Å². The summed E-state index contributed by atoms with van der Waals surface area (Å²) in [5, 5.41) is 0. The third-order valence-electron chi connectivity index (χ3n) is 5.14. The lowest BCUT2D eigenvalue weighted by molar-refractivity contribution is 0.0406. The average Bonchev–Trinajstić information content (AvgIpc) is 2.76. The zero-order chi connectivity index (χ0) is 22.5. The molecular weight excluding hydrogens is 396 g/mol. The molecule has 1 aliphatic heterocycles. The van der Waals surface area contributed by atoms with E-state index in [2.05, 4.69) is 16.5 Å². The lowest BCUT2D eigenvalue weighted by Gasteiger charge is -2.40. The van der Waals surface area contributed by atoms with Gasteiger partial charge in [0.15, 0.2) is 0 Å². The summed E-state index contributed by atoms with van der Waals surface area (Å²) in [6, 6.07) is 8.88. The molecule has 0 radical (unpaired) electrons. The normalized spacial score (nSPS) is 16.0. The Balaban J connectivity index is 1.81. The minimum Gasteiger partial charge on any atom is -0.458 e. The van der Waals surface area contributed by atoms with E-state index in [1.165, 1.54) is 6.08 Å². The van der Waals surface area contributed by atoms with Crippen LogP contribution in [0, 0.1) is 13.8 Å². The second-order valence-electron chi connectivity index (χ2n) is 7.43. The third-order valence-corrected chi connectivity index (χ3v) is 5.14. The molecule has 2 heterocycles. The van der Waals surface area contributed by atoms with Crippen molar-refractivity contribution in [1.82, 2.24) is 19.8 Å². The molecule has 31 heavy (non-hydrogen) atoms. The molecule has 8 nitrogen and oxygen atoms in total. The molecule has 1 atom stereocenters. The molecule has 162 valence electrons. The van der Waals surface area contributed by atoms with Gasteiger partial charge in [-0.05, 0) is 32.9 Å². The topological polar surface area (TPSA) is 92.7 Å². The van der Waals surface area contributed by atoms with Crippen molar-refractivity contribution in [2.45, 2.75) is 26.8 Å². The van der Waals surface area contributed by atoms with Crippen LogP contribution in [0.3, 0.4) is 0 Å². The average molecular weight is 422 g/mol. The van der Waals surface area contributed by atoms with Gasteiger partial charge < -0.3 is 14.5 Å². The third kappa shape index (κ3) is 4.79. The van der Waals surface area contributed by atoms with Gasteiger partial charge in [-0.1, -0.05) is 30.9 Å². The van der Waals surface area contributed by atoms with Crippen molar-refractivity contribution >= 4 is 17.8 Å². The first-order valence-electron chi connectivity index (χ1n) is 10.1. The highest BCUT2D eigenvalue weighted by molar-refractivity contribution is 6.04. The second kappa shape index (κ2) is 9.51. The molecule has 0 aliphatic carbocycles. The van der Waals surface area contributed by atoms with Crippen molar-refractivity contribution < 1.29 is 19.1 Å². The lowest BCUT2D eigenvalue weighted by Crippen LogP contribution is -2.55. The number of carbonyl (C=O) groups is 3. The Morgan fingerprint density at radius 3 is 2.48 bits per heavy atom. The molecule has 1 aliphatic rings. The SMILES string of the molecule is C=CCOC(=O)c1c(C)nc(C)nc1C(=O)N1CCN(C(=O)c2ccccc2)[C@H](C)C1. The highest BCUT2D eigenvalue weighted by atomic mass is 16.5. The molecule has 1 fully saturated rings. The van der Waals surface area contributed by atoms with Crippen molar-refractivity contribution in [2.75, 3.05) is 26.2 Å². The maximum atomic E-state index is 13.3. The number of esters is 1. The van der Waals surface area contributed by atoms with E-state index in [4.69, 9.17) is 4.74 Å². The molecule has 1 aromatic carbocycles. The van der Waals surface area contributed by atoms with E-state index in [9.17, 15) is 14.4 Å². The van der Waals surface area contributed by atoms with E-state index in [-0.39, 0.29) is 35.7 Å². The van der Waals surface area contributed by atoms with Crippen molar-refractivity contribution in [3.8, 4) is 0 Å². The van der Waals surface area contributed by atoms with Crippen molar-refractivity contribution in [2.24, 2.45) is 0 Å². The number of rotatable bonds is 5. The fourth-order valence-corrected chi connectivity index (χ4v) is 3.66. The predicted octanol–water partition coefficient (Wildman–Crippen LogP) is 2.42. The van der Waals surface area contributed by atoms with Crippen LogP contribution < -0.4 is 0 Å². The quantitative estimate of drug-likeness (QED) is 0.543. The van der Waals surface area contributed by atoms with Gasteiger partial charge in [0.1, 0.15) is 23.7 Å². The van der Waals surface area contributed by atoms with Gasteiger partial charge in [-0.3, -0.25) is 9.59 Å². The van der Waals surface area contributed by atoms with Gasteiger partial charge in [-0.25, -0.2) is 14.8 Å². The number of carbonyl (C=O) groups excluding carboxylic acids is 3. The summed E-state index contributed by atoms with van der Waals surface area (Å²) in [4.78, 5) is 50.5. The van der Waals surface area contributed by atoms with Crippen LogP contribution in [0.15, 0.2) is 43.0 Å². The van der Waals surface area contributed by atoms with E-state index in [1.54, 1.807) is 35.8 Å². The molecule has 1 aromatic heterocycles. The van der Waals surface area contributed by atoms with E-state index in [0.29, 0.717) is 36.7 Å². The number of hydrogen-bond donors (Lipinski definition) is 0. The largest absolute Gasteiger partial charge is 0.458 e. The van der Waals surface area contributed by atoms with Gasteiger partial charge in [0.05, 0.1) is 5.69 Å². The molecule has 0 unspecified atom stereocenters. The molecular formula is C23H26N4O4. The first kappa shape index (κ1) is 22.1. The van der Waals surface area contributed by atoms with Crippen LogP contribution in [0.25, 0.3) is 0 Å². The maximum Gasteiger partial charge on any atom is 0.342 e. The van der Waals surface area contributed by atoms with Gasteiger partial charge in [0.25, 0.3) is 11.8 Å². The van der Waals surface area contributed by atoms with E-state index >= 15 is 0 Å². The van der Waals surface area contributed by atoms with E-state index in [1.807, 2.05) is 25.1 Å². The Morgan fingerprint density at radius 1 is 1.13 bits per heavy atom. The predicted molar refractivity (Wildman–Crippen MR) is 115 cm³/mol. The van der Waals surface area contributed by atoms with Crippen molar-refractivity contribution in [3.05, 3.63) is 71.3 Å². The van der Waals surface area contributed by atoms with Crippen molar-refractivity contribution in [3.63, 3.8) is 0 Å². The smallest absolute Gasteiger partial charge is 0.342 e. The van der Waals surface area contributed by atoms with Gasteiger partial charge in [-0.2, -0.15) is 0 Å². The highest BCUT2D eigenvalue weighted by Gasteiger charge is 2.33. The van der Waals surface area contributed by atoms with Crippen LogP contribution in [-0.4, -0.2) is 69.8 Å². The van der Waals surface area contributed by atoms with Crippen LogP contribution in [0.2, 0.25) is 0 Å². The van der Waals surface area contributed by atoms with Crippen molar-refractivity contribution in [1.29, 1.82) is 0 Å². The number of amides is 2. The molecule has 0 spiro atoms. The summed E-state index contributed by atoms with van der Waals surface area (Å²) < 4.78 is 5.13. The molecule has 0 N–H and O–H groups in total. The summed E-state index contributed by atoms with van der Waals surface area (Å²) >= 11 is 0. The first-order chi connectivity index (χ1) is 14.8. The number of aromatic nitrogens is 2. The standard InChI is InChI=1S/C23H26N4O4/c1-5-13-31-23(30)19-16(3)24-17(4)25-20(19)22(29)26-11-12-27(15(2)14-26)21(28)18-9-7-6-8-10-18/h5-10,15H,1,11-14H2,2-4H3/t15-/m1/s1. The molecule has 1 saturated heterocycles. The van der Waals surface area contributed by atoms with Crippen LogP contribution in [0.4, 0.5) is 0 Å². The van der Waals surface area contributed by atoms with Gasteiger partial charge in [0.2, 0.25) is 0 Å². The fraction of sp³-hybridized carbons (Fsp3) is 0.348. The Bertz CT molecular complexity index is 1010. The molecule has 2 amide bonds. The monoisotopic (exact) mass is 422 g/mol. The number of nitrogens with zero attached hydrogens (tertiary/aromatic N) is 4. The zero-order valence-corrected chi connectivity index (χ0v) is 18.0. The summed E-state index contributed by atoms with van der Waals surface area (Å²) in [6.07, 6.45) is 1.45. The van der Waals surface area contributed by atoms with E-state index in [0.717, 1.165) is 0 Å². The van der Waals surface area contributed by atoms with Crippen LogP contribution in [0.5, 0.6) is 0 Å². The highest BCUT2D eigenvalue weighted by Crippen LogP contribution is 2.19. The number of piperazine rings is 1. The van der Waals surface area contributed by atoms with Gasteiger partial charge in [0, 0.05) is 31.2 Å². The minimum absolute atomic E-state index is 0.0223. The number of benzene rings is 1. The first-order valence-corrected chi connectivity index (χ1v) is 10.1. The Morgan fingerprint density at radius 2 is 1.84 bits per heavy atom. The molecule has 0 bridgehead atoms. The Labute approximate surface area is 181 Å². The maximum absolute atomic E-state index is 13.3. The summed E-state index contributed by atoms with van der Waals surface area (Å²) in [5.41, 5.74) is 1.08. The molecule has 2 aromatic rings. The minimum atomic E-state index is -0.660. The summed E-state index contributed by atoms with van der Waals surface area (Å²) in [6.45, 7) is 9.83.